The van der Waals surface area contributed by atoms with E-state index in [9.17, 15) is 13.2 Å². The summed E-state index contributed by atoms with van der Waals surface area (Å²) in [7, 11) is 1.55. The van der Waals surface area contributed by atoms with E-state index in [0.29, 0.717) is 17.1 Å². The van der Waals surface area contributed by atoms with Crippen molar-refractivity contribution in [2.45, 2.75) is 17.0 Å². The van der Waals surface area contributed by atoms with Gasteiger partial charge in [0.1, 0.15) is 16.5 Å². The van der Waals surface area contributed by atoms with Crippen molar-refractivity contribution >= 4 is 11.8 Å². The molecule has 3 rings (SSSR count). The smallest absolute Gasteiger partial charge is 0.433 e. The van der Waals surface area contributed by atoms with Gasteiger partial charge in [0.05, 0.1) is 7.11 Å². The molecule has 0 aliphatic rings. The number of ether oxygens (including phenoxy) is 1. The molecule has 0 spiro atoms. The predicted molar refractivity (Wildman–Crippen MR) is 92.8 cm³/mol. The van der Waals surface area contributed by atoms with E-state index >= 15 is 0 Å². The Labute approximate surface area is 152 Å². The monoisotopic (exact) mass is 377 g/mol. The molecule has 0 bridgehead atoms. The topological polar surface area (TPSA) is 47.9 Å². The van der Waals surface area contributed by atoms with Crippen molar-refractivity contribution in [1.29, 1.82) is 0 Å². The number of para-hydroxylation sites is 1. The van der Waals surface area contributed by atoms with Crippen molar-refractivity contribution < 1.29 is 17.9 Å². The second-order valence-corrected chi connectivity index (χ2v) is 6.24. The first kappa shape index (κ1) is 18.2. The molecule has 0 amide bonds. The molecular weight excluding hydrogens is 363 g/mol. The summed E-state index contributed by atoms with van der Waals surface area (Å²) in [5, 5.41) is 0.241. The minimum absolute atomic E-state index is 0.0183. The van der Waals surface area contributed by atoms with Gasteiger partial charge in [-0.1, -0.05) is 18.2 Å². The molecule has 4 nitrogen and oxygen atoms in total. The summed E-state index contributed by atoms with van der Waals surface area (Å²) >= 11 is 1.20. The van der Waals surface area contributed by atoms with Crippen LogP contribution in [0, 0.1) is 0 Å². The maximum absolute atomic E-state index is 13.2. The average Bonchev–Trinajstić information content (AvgIpc) is 2.66. The van der Waals surface area contributed by atoms with E-state index in [1.807, 2.05) is 18.2 Å². The molecule has 0 atom stereocenters. The van der Waals surface area contributed by atoms with Crippen LogP contribution in [-0.2, 0) is 11.9 Å². The molecule has 0 saturated heterocycles. The lowest BCUT2D eigenvalue weighted by molar-refractivity contribution is -0.141. The number of hydrogen-bond donors (Lipinski definition) is 0. The Balaban J connectivity index is 1.93. The van der Waals surface area contributed by atoms with Gasteiger partial charge >= 0.3 is 6.18 Å². The number of hydrogen-bond acceptors (Lipinski definition) is 5. The molecule has 26 heavy (non-hydrogen) atoms. The number of benzene rings is 1. The van der Waals surface area contributed by atoms with Crippen LogP contribution in [0.25, 0.3) is 11.4 Å². The fourth-order valence-electron chi connectivity index (χ4n) is 2.25. The zero-order valence-electron chi connectivity index (χ0n) is 13.7. The van der Waals surface area contributed by atoms with Crippen LogP contribution in [-0.4, -0.2) is 22.1 Å². The van der Waals surface area contributed by atoms with Gasteiger partial charge in [0.2, 0.25) is 0 Å². The van der Waals surface area contributed by atoms with Crippen LogP contribution in [0.1, 0.15) is 11.3 Å². The summed E-state index contributed by atoms with van der Waals surface area (Å²) in [6.07, 6.45) is -1.58. The van der Waals surface area contributed by atoms with Gasteiger partial charge in [0, 0.05) is 35.3 Å². The summed E-state index contributed by atoms with van der Waals surface area (Å²) in [5.74, 6) is 1.12. The SMILES string of the molecule is COc1ccccc1CSc1cc(C(F)(F)F)nc(-c2ccncc2)n1. The number of pyridine rings is 1. The van der Waals surface area contributed by atoms with Crippen molar-refractivity contribution in [3.05, 3.63) is 66.1 Å². The Morgan fingerprint density at radius 1 is 1.04 bits per heavy atom. The van der Waals surface area contributed by atoms with Crippen molar-refractivity contribution in [3.8, 4) is 17.1 Å². The quantitative estimate of drug-likeness (QED) is 0.469. The summed E-state index contributed by atoms with van der Waals surface area (Å²) < 4.78 is 44.9. The van der Waals surface area contributed by atoms with Gasteiger partial charge in [-0.25, -0.2) is 9.97 Å². The largest absolute Gasteiger partial charge is 0.496 e. The van der Waals surface area contributed by atoms with E-state index < -0.39 is 11.9 Å². The van der Waals surface area contributed by atoms with Gasteiger partial charge in [0.15, 0.2) is 5.82 Å². The van der Waals surface area contributed by atoms with Crippen molar-refractivity contribution in [3.63, 3.8) is 0 Å². The maximum atomic E-state index is 13.2. The van der Waals surface area contributed by atoms with E-state index in [0.717, 1.165) is 11.6 Å². The fraction of sp³-hybridized carbons (Fsp3) is 0.167. The first-order valence-electron chi connectivity index (χ1n) is 7.59. The van der Waals surface area contributed by atoms with Crippen LogP contribution in [0.4, 0.5) is 13.2 Å². The molecule has 0 unspecified atom stereocenters. The first-order chi connectivity index (χ1) is 12.5. The zero-order valence-corrected chi connectivity index (χ0v) is 14.5. The number of nitrogens with zero attached hydrogens (tertiary/aromatic N) is 3. The third-order valence-corrected chi connectivity index (χ3v) is 4.46. The molecule has 0 N–H and O–H groups in total. The van der Waals surface area contributed by atoms with Gasteiger partial charge in [-0.3, -0.25) is 4.98 Å². The highest BCUT2D eigenvalue weighted by Gasteiger charge is 2.33. The van der Waals surface area contributed by atoms with Gasteiger partial charge < -0.3 is 4.74 Å². The lowest BCUT2D eigenvalue weighted by atomic mass is 10.2. The first-order valence-corrected chi connectivity index (χ1v) is 8.57. The third-order valence-electron chi connectivity index (χ3n) is 3.50. The van der Waals surface area contributed by atoms with Crippen molar-refractivity contribution in [1.82, 2.24) is 15.0 Å². The average molecular weight is 377 g/mol. The second kappa shape index (κ2) is 7.74. The van der Waals surface area contributed by atoms with Gasteiger partial charge in [-0.2, -0.15) is 13.2 Å². The highest BCUT2D eigenvalue weighted by molar-refractivity contribution is 7.98. The number of alkyl halides is 3. The molecule has 0 saturated carbocycles. The van der Waals surface area contributed by atoms with Gasteiger partial charge in [0.25, 0.3) is 0 Å². The number of aromatic nitrogens is 3. The summed E-state index contributed by atoms with van der Waals surface area (Å²) in [6, 6.07) is 11.5. The van der Waals surface area contributed by atoms with Crippen LogP contribution in [0.3, 0.4) is 0 Å². The highest BCUT2D eigenvalue weighted by atomic mass is 32.2. The van der Waals surface area contributed by atoms with Crippen LogP contribution < -0.4 is 4.74 Å². The Kier molecular flexibility index (Phi) is 5.41. The Hall–Kier alpha value is -2.61. The van der Waals surface area contributed by atoms with E-state index in [1.165, 1.54) is 24.2 Å². The van der Waals surface area contributed by atoms with Gasteiger partial charge in [-0.15, -0.1) is 11.8 Å². The van der Waals surface area contributed by atoms with Crippen LogP contribution >= 0.6 is 11.8 Å². The maximum Gasteiger partial charge on any atom is 0.433 e. The fourth-order valence-corrected chi connectivity index (χ4v) is 3.14. The molecular formula is C18H14F3N3OS. The number of thioether (sulfide) groups is 1. The van der Waals surface area contributed by atoms with Crippen LogP contribution in [0.2, 0.25) is 0 Å². The molecule has 0 aliphatic carbocycles. The molecule has 1 aromatic carbocycles. The summed E-state index contributed by atoms with van der Waals surface area (Å²) in [4.78, 5) is 11.8. The minimum atomic E-state index is -4.55. The van der Waals surface area contributed by atoms with Crippen molar-refractivity contribution in [2.24, 2.45) is 0 Å². The molecule has 2 aromatic heterocycles. The molecule has 0 aliphatic heterocycles. The van der Waals surface area contributed by atoms with Gasteiger partial charge in [-0.05, 0) is 18.2 Å². The van der Waals surface area contributed by atoms with E-state index in [1.54, 1.807) is 25.3 Å². The van der Waals surface area contributed by atoms with E-state index in [4.69, 9.17) is 4.74 Å². The normalized spacial score (nSPS) is 11.4. The lowest BCUT2D eigenvalue weighted by Crippen LogP contribution is -2.10. The predicted octanol–water partition coefficient (Wildman–Crippen LogP) is 4.86. The number of methoxy groups -OCH3 is 1. The summed E-state index contributed by atoms with van der Waals surface area (Å²) in [6.45, 7) is 0. The van der Waals surface area contributed by atoms with Crippen LogP contribution in [0.5, 0.6) is 5.75 Å². The Morgan fingerprint density at radius 3 is 2.46 bits per heavy atom. The van der Waals surface area contributed by atoms with Crippen LogP contribution in [0.15, 0.2) is 59.9 Å². The summed E-state index contributed by atoms with van der Waals surface area (Å²) in [5.41, 5.74) is 0.379. The minimum Gasteiger partial charge on any atom is -0.496 e. The molecule has 134 valence electrons. The highest BCUT2D eigenvalue weighted by Crippen LogP contribution is 2.33. The molecule has 0 radical (unpaired) electrons. The molecule has 2 heterocycles. The van der Waals surface area contributed by atoms with Crippen molar-refractivity contribution in [2.75, 3.05) is 7.11 Å². The number of halogens is 3. The zero-order chi connectivity index (χ0) is 18.6. The van der Waals surface area contributed by atoms with E-state index in [-0.39, 0.29) is 10.9 Å². The second-order valence-electron chi connectivity index (χ2n) is 5.25. The Bertz CT molecular complexity index is 888. The van der Waals surface area contributed by atoms with E-state index in [2.05, 4.69) is 15.0 Å². The molecule has 8 heteroatoms. The lowest BCUT2D eigenvalue weighted by Gasteiger charge is -2.11. The molecule has 3 aromatic rings. The molecule has 0 fully saturated rings. The third kappa shape index (κ3) is 4.32. The number of rotatable bonds is 5. The standard InChI is InChI=1S/C18H14F3N3OS/c1-25-14-5-3-2-4-13(14)11-26-16-10-15(18(19,20)21)23-17(24-16)12-6-8-22-9-7-12/h2-10H,11H2,1H3. The Morgan fingerprint density at radius 2 is 1.77 bits per heavy atom.